The molecule has 0 saturated heterocycles. The Balaban J connectivity index is 3.12. The molecule has 4 unspecified atom stereocenters. The van der Waals surface area contributed by atoms with Gasteiger partial charge in [-0.3, -0.25) is 19.2 Å². The van der Waals surface area contributed by atoms with E-state index in [1.54, 1.807) is 37.3 Å². The Morgan fingerprint density at radius 2 is 1.53 bits per heavy atom. The third kappa shape index (κ3) is 8.72. The lowest BCUT2D eigenvalue weighted by Gasteiger charge is -2.27. The fraction of sp³-hybridized carbons (Fsp3) is 0.476. The quantitative estimate of drug-likeness (QED) is 0.226. The third-order valence-electron chi connectivity index (χ3n) is 4.91. The Labute approximate surface area is 185 Å². The minimum absolute atomic E-state index is 0.0237. The summed E-state index contributed by atoms with van der Waals surface area (Å²) in [6.07, 6.45) is -0.247. The molecule has 0 spiro atoms. The molecule has 0 fully saturated rings. The van der Waals surface area contributed by atoms with Gasteiger partial charge in [-0.2, -0.15) is 0 Å². The van der Waals surface area contributed by atoms with Crippen LogP contribution in [0.4, 0.5) is 0 Å². The summed E-state index contributed by atoms with van der Waals surface area (Å²) in [6.45, 7) is 3.27. The van der Waals surface area contributed by atoms with Crippen LogP contribution in [0.5, 0.6) is 0 Å². The van der Waals surface area contributed by atoms with Crippen molar-refractivity contribution in [3.63, 3.8) is 0 Å². The fourth-order valence-corrected chi connectivity index (χ4v) is 2.90. The van der Waals surface area contributed by atoms with Crippen LogP contribution in [0, 0.1) is 5.92 Å². The molecule has 7 N–H and O–H groups in total. The van der Waals surface area contributed by atoms with E-state index in [1.165, 1.54) is 0 Å². The first-order valence-corrected chi connectivity index (χ1v) is 10.2. The van der Waals surface area contributed by atoms with Crippen LogP contribution < -0.4 is 21.7 Å². The lowest BCUT2D eigenvalue weighted by molar-refractivity contribution is -0.147. The molecule has 0 saturated carbocycles. The number of nitrogens with one attached hydrogen (secondary N) is 3. The van der Waals surface area contributed by atoms with Crippen LogP contribution in [0.3, 0.4) is 0 Å². The van der Waals surface area contributed by atoms with Crippen LogP contribution in [-0.4, -0.2) is 64.5 Å². The second-order valence-electron chi connectivity index (χ2n) is 7.38. The van der Waals surface area contributed by atoms with E-state index in [-0.39, 0.29) is 18.9 Å². The largest absolute Gasteiger partial charge is 0.481 e. The fourth-order valence-electron chi connectivity index (χ4n) is 2.90. The summed E-state index contributed by atoms with van der Waals surface area (Å²) in [7, 11) is 0. The van der Waals surface area contributed by atoms with Gasteiger partial charge < -0.3 is 31.9 Å². The standard InChI is InChI=1S/C21H30N4O7/c1-3-12(2)18(25-16(26)11-22)20(30)23-14(9-13-7-5-4-6-8-13)19(29)24-15(21(31)32)10-17(27)28/h4-8,12,14-15,18H,3,9-11,22H2,1-2H3,(H,23,30)(H,24,29)(H,25,26)(H,27,28)(H,31,32). The number of carboxylic acids is 2. The number of hydrogen-bond donors (Lipinski definition) is 6. The minimum Gasteiger partial charge on any atom is -0.481 e. The van der Waals surface area contributed by atoms with Crippen LogP contribution in [0.2, 0.25) is 0 Å². The molecular weight excluding hydrogens is 420 g/mol. The second-order valence-corrected chi connectivity index (χ2v) is 7.38. The number of amides is 3. The van der Waals surface area contributed by atoms with Crippen LogP contribution in [0.15, 0.2) is 30.3 Å². The van der Waals surface area contributed by atoms with Gasteiger partial charge in [-0.05, 0) is 11.5 Å². The number of benzene rings is 1. The summed E-state index contributed by atoms with van der Waals surface area (Å²) in [4.78, 5) is 59.8. The lowest BCUT2D eigenvalue weighted by Crippen LogP contribution is -2.58. The van der Waals surface area contributed by atoms with E-state index >= 15 is 0 Å². The van der Waals surface area contributed by atoms with Gasteiger partial charge in [0, 0.05) is 6.42 Å². The Morgan fingerprint density at radius 3 is 2.03 bits per heavy atom. The maximum absolute atomic E-state index is 12.9. The number of nitrogens with two attached hydrogens (primary N) is 1. The maximum Gasteiger partial charge on any atom is 0.326 e. The summed E-state index contributed by atoms with van der Waals surface area (Å²) in [5.41, 5.74) is 6.01. The van der Waals surface area contributed by atoms with Crippen molar-refractivity contribution in [2.24, 2.45) is 11.7 Å². The van der Waals surface area contributed by atoms with E-state index in [0.717, 1.165) is 0 Å². The van der Waals surface area contributed by atoms with E-state index < -0.39 is 54.2 Å². The van der Waals surface area contributed by atoms with Crippen molar-refractivity contribution in [2.45, 2.75) is 51.2 Å². The van der Waals surface area contributed by atoms with E-state index in [4.69, 9.17) is 10.8 Å². The van der Waals surface area contributed by atoms with Gasteiger partial charge in [-0.1, -0.05) is 50.6 Å². The van der Waals surface area contributed by atoms with Crippen LogP contribution in [-0.2, 0) is 30.4 Å². The highest BCUT2D eigenvalue weighted by Crippen LogP contribution is 2.10. The number of carbonyl (C=O) groups is 5. The number of carbonyl (C=O) groups excluding carboxylic acids is 3. The molecular formula is C21H30N4O7. The molecule has 1 aromatic rings. The minimum atomic E-state index is -1.67. The topological polar surface area (TPSA) is 188 Å². The smallest absolute Gasteiger partial charge is 0.326 e. The summed E-state index contributed by atoms with van der Waals surface area (Å²) in [6, 6.07) is 4.85. The summed E-state index contributed by atoms with van der Waals surface area (Å²) >= 11 is 0. The van der Waals surface area contributed by atoms with Crippen molar-refractivity contribution in [2.75, 3.05) is 6.54 Å². The van der Waals surface area contributed by atoms with Crippen LogP contribution >= 0.6 is 0 Å². The monoisotopic (exact) mass is 450 g/mol. The molecule has 0 aromatic heterocycles. The van der Waals surface area contributed by atoms with Crippen molar-refractivity contribution in [3.8, 4) is 0 Å². The van der Waals surface area contributed by atoms with Crippen molar-refractivity contribution in [3.05, 3.63) is 35.9 Å². The van der Waals surface area contributed by atoms with Crippen molar-refractivity contribution in [1.82, 2.24) is 16.0 Å². The molecule has 0 aliphatic rings. The number of carboxylic acid groups (broad SMARTS) is 2. The molecule has 32 heavy (non-hydrogen) atoms. The van der Waals surface area contributed by atoms with Crippen LogP contribution in [0.25, 0.3) is 0 Å². The van der Waals surface area contributed by atoms with Crippen molar-refractivity contribution >= 4 is 29.7 Å². The van der Waals surface area contributed by atoms with Gasteiger partial charge in [0.1, 0.15) is 18.1 Å². The third-order valence-corrected chi connectivity index (χ3v) is 4.91. The predicted molar refractivity (Wildman–Crippen MR) is 114 cm³/mol. The van der Waals surface area contributed by atoms with E-state index in [9.17, 15) is 29.1 Å². The zero-order valence-corrected chi connectivity index (χ0v) is 18.0. The normalized spacial score (nSPS) is 14.3. The maximum atomic E-state index is 12.9. The first-order chi connectivity index (χ1) is 15.1. The van der Waals surface area contributed by atoms with Gasteiger partial charge in [0.05, 0.1) is 13.0 Å². The molecule has 0 heterocycles. The first-order valence-electron chi connectivity index (χ1n) is 10.2. The average Bonchev–Trinajstić information content (AvgIpc) is 2.75. The molecule has 0 aliphatic heterocycles. The molecule has 4 atom stereocenters. The second kappa shape index (κ2) is 13.1. The number of aliphatic carboxylic acids is 2. The summed E-state index contributed by atoms with van der Waals surface area (Å²) in [5, 5.41) is 25.4. The first kappa shape index (κ1) is 26.6. The molecule has 0 aliphatic carbocycles. The highest BCUT2D eigenvalue weighted by Gasteiger charge is 2.32. The summed E-state index contributed by atoms with van der Waals surface area (Å²) < 4.78 is 0. The van der Waals surface area contributed by atoms with Crippen molar-refractivity contribution < 1.29 is 34.2 Å². The van der Waals surface area contributed by atoms with Gasteiger partial charge in [-0.25, -0.2) is 4.79 Å². The van der Waals surface area contributed by atoms with E-state index in [1.807, 2.05) is 6.92 Å². The molecule has 11 nitrogen and oxygen atoms in total. The number of rotatable bonds is 13. The molecule has 3 amide bonds. The molecule has 1 rings (SSSR count). The van der Waals surface area contributed by atoms with E-state index in [2.05, 4.69) is 16.0 Å². The zero-order chi connectivity index (χ0) is 24.3. The molecule has 176 valence electrons. The van der Waals surface area contributed by atoms with E-state index in [0.29, 0.717) is 12.0 Å². The van der Waals surface area contributed by atoms with Gasteiger partial charge in [0.15, 0.2) is 0 Å². The Bertz CT molecular complexity index is 816. The van der Waals surface area contributed by atoms with Gasteiger partial charge in [-0.15, -0.1) is 0 Å². The van der Waals surface area contributed by atoms with Gasteiger partial charge in [0.25, 0.3) is 0 Å². The average molecular weight is 450 g/mol. The molecule has 1 aromatic carbocycles. The SMILES string of the molecule is CCC(C)C(NC(=O)CN)C(=O)NC(Cc1ccccc1)C(=O)NC(CC(=O)O)C(=O)O. The Hall–Kier alpha value is -3.47. The number of hydrogen-bond acceptors (Lipinski definition) is 6. The van der Waals surface area contributed by atoms with Crippen LogP contribution in [0.1, 0.15) is 32.3 Å². The Kier molecular flexibility index (Phi) is 10.8. The predicted octanol–water partition coefficient (Wildman–Crippen LogP) is -0.752. The molecule has 11 heteroatoms. The summed E-state index contributed by atoms with van der Waals surface area (Å²) in [5.74, 6) is -5.22. The van der Waals surface area contributed by atoms with Crippen molar-refractivity contribution in [1.29, 1.82) is 0 Å². The van der Waals surface area contributed by atoms with Gasteiger partial charge >= 0.3 is 11.9 Å². The molecule has 0 bridgehead atoms. The highest BCUT2D eigenvalue weighted by atomic mass is 16.4. The van der Waals surface area contributed by atoms with Gasteiger partial charge in [0.2, 0.25) is 17.7 Å². The zero-order valence-electron chi connectivity index (χ0n) is 18.0. The Morgan fingerprint density at radius 1 is 0.938 bits per heavy atom. The molecule has 0 radical (unpaired) electrons. The lowest BCUT2D eigenvalue weighted by atomic mass is 9.97. The highest BCUT2D eigenvalue weighted by molar-refractivity contribution is 5.94.